The molecule has 1 N–H and O–H groups in total. The molecule has 0 amide bonds. The van der Waals surface area contributed by atoms with Gasteiger partial charge in [-0.25, -0.2) is 0 Å². The van der Waals surface area contributed by atoms with Crippen molar-refractivity contribution in [3.63, 3.8) is 0 Å². The Labute approximate surface area is 223 Å². The van der Waals surface area contributed by atoms with Crippen LogP contribution < -0.4 is 0 Å². The van der Waals surface area contributed by atoms with Gasteiger partial charge in [0.1, 0.15) is 0 Å². The Hall–Kier alpha value is -1.10. The number of hydrogen-bond donors (Lipinski definition) is 1. The fourth-order valence-corrected chi connectivity index (χ4v) is 4.49. The summed E-state index contributed by atoms with van der Waals surface area (Å²) in [6.45, 7) is 6.13. The van der Waals surface area contributed by atoms with Gasteiger partial charge in [0.05, 0.1) is 6.42 Å². The van der Waals surface area contributed by atoms with Gasteiger partial charge in [-0.1, -0.05) is 149 Å². The van der Waals surface area contributed by atoms with Crippen LogP contribution in [0.1, 0.15) is 181 Å². The fourth-order valence-electron chi connectivity index (χ4n) is 4.49. The molecule has 0 aromatic carbocycles. The van der Waals surface area contributed by atoms with Crippen LogP contribution in [-0.2, 0) is 19.1 Å². The fraction of sp³-hybridized carbons (Fsp3) is 0.935. The van der Waals surface area contributed by atoms with Gasteiger partial charge < -0.3 is 14.6 Å². The van der Waals surface area contributed by atoms with Crippen LogP contribution in [0.15, 0.2) is 0 Å². The van der Waals surface area contributed by atoms with Crippen molar-refractivity contribution in [3.05, 3.63) is 0 Å². The summed E-state index contributed by atoms with van der Waals surface area (Å²) in [5, 5.41) is 10.4. The lowest BCUT2D eigenvalue weighted by Crippen LogP contribution is -2.39. The van der Waals surface area contributed by atoms with Gasteiger partial charge in [-0.3, -0.25) is 9.59 Å². The summed E-state index contributed by atoms with van der Waals surface area (Å²) in [6, 6.07) is 0. The van der Waals surface area contributed by atoms with Crippen LogP contribution in [-0.4, -0.2) is 23.0 Å². The number of carbonyl (C=O) groups excluding carboxylic acids is 2. The van der Waals surface area contributed by atoms with Gasteiger partial charge in [0.25, 0.3) is 0 Å². The number of rotatable bonds is 27. The molecule has 0 radical (unpaired) electrons. The highest BCUT2D eigenvalue weighted by atomic mass is 16.8. The molecule has 0 saturated heterocycles. The van der Waals surface area contributed by atoms with Gasteiger partial charge in [-0.2, -0.15) is 0 Å². The lowest BCUT2D eigenvalue weighted by molar-refractivity contribution is -0.326. The first-order valence-electron chi connectivity index (χ1n) is 15.6. The highest BCUT2D eigenvalue weighted by Gasteiger charge is 2.34. The van der Waals surface area contributed by atoms with Crippen LogP contribution >= 0.6 is 0 Å². The first-order chi connectivity index (χ1) is 17.5. The largest absolute Gasteiger partial charge is 0.398 e. The van der Waals surface area contributed by atoms with Gasteiger partial charge in [0, 0.05) is 12.8 Å². The molecule has 0 heterocycles. The first kappa shape index (κ1) is 34.9. The molecule has 0 spiro atoms. The van der Waals surface area contributed by atoms with E-state index in [4.69, 9.17) is 9.47 Å². The number of aliphatic hydroxyl groups is 1. The van der Waals surface area contributed by atoms with E-state index in [0.29, 0.717) is 0 Å². The summed E-state index contributed by atoms with van der Waals surface area (Å²) in [4.78, 5) is 24.3. The average molecular weight is 513 g/mol. The van der Waals surface area contributed by atoms with E-state index in [0.717, 1.165) is 38.5 Å². The van der Waals surface area contributed by atoms with Crippen molar-refractivity contribution in [3.8, 4) is 0 Å². The molecule has 0 rings (SSSR count). The molecule has 0 fully saturated rings. The molecule has 5 nitrogen and oxygen atoms in total. The molecule has 0 aliphatic heterocycles. The van der Waals surface area contributed by atoms with Crippen LogP contribution in [0.5, 0.6) is 0 Å². The second-order valence-corrected chi connectivity index (χ2v) is 10.6. The highest BCUT2D eigenvalue weighted by Crippen LogP contribution is 2.19. The Bertz CT molecular complexity index is 465. The minimum absolute atomic E-state index is 0.0288. The van der Waals surface area contributed by atoms with Crippen LogP contribution in [0.4, 0.5) is 0 Å². The Morgan fingerprint density at radius 2 is 0.722 bits per heavy atom. The molecular formula is C31H60O5. The normalized spacial score (nSPS) is 11.6. The molecule has 0 unspecified atom stereocenters. The monoisotopic (exact) mass is 512 g/mol. The molecule has 0 aliphatic rings. The second kappa shape index (κ2) is 25.5. The summed E-state index contributed by atoms with van der Waals surface area (Å²) in [6.07, 6.45) is 27.1. The van der Waals surface area contributed by atoms with E-state index in [-0.39, 0.29) is 19.3 Å². The molecule has 0 aromatic rings. The van der Waals surface area contributed by atoms with Crippen LogP contribution in [0.25, 0.3) is 0 Å². The lowest BCUT2D eigenvalue weighted by atomic mass is 10.1. The number of hydrogen-bond acceptors (Lipinski definition) is 5. The van der Waals surface area contributed by atoms with E-state index >= 15 is 0 Å². The van der Waals surface area contributed by atoms with Crippen molar-refractivity contribution < 1.29 is 24.2 Å². The molecular weight excluding hydrogens is 452 g/mol. The molecule has 214 valence electrons. The zero-order valence-electron chi connectivity index (χ0n) is 24.3. The average Bonchev–Trinajstić information content (AvgIpc) is 2.85. The standard InChI is InChI=1S/C31H60O5/c1-4-7-9-11-13-15-17-19-21-23-25-27-29(32)35-31(34,6-3)36-30(33)28-26-24-22-20-18-16-14-12-10-8-5-2/h34H,4-28H2,1-3H3. The minimum atomic E-state index is -2.14. The van der Waals surface area contributed by atoms with Crippen molar-refractivity contribution in [2.45, 2.75) is 187 Å². The molecule has 5 heteroatoms. The number of carbonyl (C=O) groups is 2. The lowest BCUT2D eigenvalue weighted by Gasteiger charge is -2.25. The van der Waals surface area contributed by atoms with E-state index in [1.165, 1.54) is 103 Å². The van der Waals surface area contributed by atoms with Crippen LogP contribution in [0.2, 0.25) is 0 Å². The molecule has 0 saturated carbocycles. The molecule has 0 aromatic heterocycles. The predicted octanol–water partition coefficient (Wildman–Crippen LogP) is 9.53. The van der Waals surface area contributed by atoms with Crippen molar-refractivity contribution in [1.29, 1.82) is 0 Å². The zero-order chi connectivity index (χ0) is 26.7. The number of esters is 2. The maximum absolute atomic E-state index is 12.1. The Morgan fingerprint density at radius 1 is 0.472 bits per heavy atom. The molecule has 36 heavy (non-hydrogen) atoms. The summed E-state index contributed by atoms with van der Waals surface area (Å²) in [5.41, 5.74) is 0. The van der Waals surface area contributed by atoms with E-state index in [9.17, 15) is 14.7 Å². The van der Waals surface area contributed by atoms with Crippen molar-refractivity contribution in [2.24, 2.45) is 0 Å². The molecule has 0 bridgehead atoms. The quantitative estimate of drug-likeness (QED) is 0.0674. The molecule has 0 atom stereocenters. The summed E-state index contributed by atoms with van der Waals surface area (Å²) < 4.78 is 10.3. The van der Waals surface area contributed by atoms with Crippen molar-refractivity contribution >= 4 is 11.9 Å². The smallest absolute Gasteiger partial charge is 0.372 e. The first-order valence-corrected chi connectivity index (χ1v) is 15.6. The second-order valence-electron chi connectivity index (χ2n) is 10.6. The summed E-state index contributed by atoms with van der Waals surface area (Å²) in [7, 11) is 0. The van der Waals surface area contributed by atoms with Gasteiger partial charge in [-0.05, 0) is 12.8 Å². The Kier molecular flexibility index (Phi) is 24.8. The summed E-state index contributed by atoms with van der Waals surface area (Å²) in [5.74, 6) is -3.14. The van der Waals surface area contributed by atoms with E-state index < -0.39 is 17.9 Å². The summed E-state index contributed by atoms with van der Waals surface area (Å²) >= 11 is 0. The van der Waals surface area contributed by atoms with E-state index in [1.54, 1.807) is 6.92 Å². The molecule has 0 aliphatic carbocycles. The van der Waals surface area contributed by atoms with Crippen molar-refractivity contribution in [1.82, 2.24) is 0 Å². The number of unbranched alkanes of at least 4 members (excludes halogenated alkanes) is 20. The van der Waals surface area contributed by atoms with Gasteiger partial charge in [0.2, 0.25) is 0 Å². The predicted molar refractivity (Wildman–Crippen MR) is 150 cm³/mol. The number of ether oxygens (including phenoxy) is 2. The van der Waals surface area contributed by atoms with E-state index in [2.05, 4.69) is 13.8 Å². The van der Waals surface area contributed by atoms with Crippen LogP contribution in [0, 0.1) is 0 Å². The van der Waals surface area contributed by atoms with E-state index in [1.807, 2.05) is 0 Å². The third-order valence-electron chi connectivity index (χ3n) is 6.96. The maximum Gasteiger partial charge on any atom is 0.372 e. The van der Waals surface area contributed by atoms with Gasteiger partial charge in [0.15, 0.2) is 0 Å². The maximum atomic E-state index is 12.1. The van der Waals surface area contributed by atoms with Gasteiger partial charge in [-0.15, -0.1) is 0 Å². The zero-order valence-corrected chi connectivity index (χ0v) is 24.3. The van der Waals surface area contributed by atoms with Crippen molar-refractivity contribution in [2.75, 3.05) is 0 Å². The third-order valence-corrected chi connectivity index (χ3v) is 6.96. The topological polar surface area (TPSA) is 72.8 Å². The SMILES string of the molecule is CCCCCCCCCCCCCC(=O)OC(O)(CC)OC(=O)CCCCCCCCCCCCC. The highest BCUT2D eigenvalue weighted by molar-refractivity contribution is 5.71. The minimum Gasteiger partial charge on any atom is -0.398 e. The Morgan fingerprint density at radius 3 is 0.972 bits per heavy atom. The van der Waals surface area contributed by atoms with Gasteiger partial charge >= 0.3 is 17.9 Å². The third kappa shape index (κ3) is 23.3. The van der Waals surface area contributed by atoms with Crippen LogP contribution in [0.3, 0.4) is 0 Å². The Balaban J connectivity index is 3.75.